The molecule has 6 heteroatoms. The van der Waals surface area contributed by atoms with Crippen molar-refractivity contribution >= 4 is 5.91 Å². The summed E-state index contributed by atoms with van der Waals surface area (Å²) in [6.45, 7) is 3.81. The maximum absolute atomic E-state index is 12.0. The molecule has 1 N–H and O–H groups in total. The average molecular weight is 238 g/mol. The van der Waals surface area contributed by atoms with E-state index >= 15 is 0 Å². The summed E-state index contributed by atoms with van der Waals surface area (Å²) in [5, 5.41) is 3.05. The lowest BCUT2D eigenvalue weighted by Gasteiger charge is -2.23. The van der Waals surface area contributed by atoms with Gasteiger partial charge in [-0.3, -0.25) is 10.1 Å². The van der Waals surface area contributed by atoms with E-state index in [1.165, 1.54) is 4.90 Å². The Balaban J connectivity index is 2.43. The van der Waals surface area contributed by atoms with Crippen LogP contribution in [-0.4, -0.2) is 35.7 Å². The highest BCUT2D eigenvalue weighted by molar-refractivity contribution is 5.83. The minimum Gasteiger partial charge on any atom is -0.326 e. The quantitative estimate of drug-likeness (QED) is 0.811. The largest absolute Gasteiger partial charge is 0.389 e. The van der Waals surface area contributed by atoms with Crippen molar-refractivity contribution < 1.29 is 18.0 Å². The Morgan fingerprint density at radius 2 is 2.06 bits per heavy atom. The number of nitrogens with one attached hydrogen (secondary N) is 1. The van der Waals surface area contributed by atoms with Crippen LogP contribution >= 0.6 is 0 Å². The molecule has 16 heavy (non-hydrogen) atoms. The van der Waals surface area contributed by atoms with Gasteiger partial charge in [-0.2, -0.15) is 13.2 Å². The summed E-state index contributed by atoms with van der Waals surface area (Å²) in [6, 6.07) is -0.282. The van der Waals surface area contributed by atoms with Crippen LogP contribution in [0, 0.1) is 0 Å². The fourth-order valence-electron chi connectivity index (χ4n) is 1.91. The molecule has 0 saturated carbocycles. The van der Waals surface area contributed by atoms with E-state index in [9.17, 15) is 18.0 Å². The average Bonchev–Trinajstić information content (AvgIpc) is 2.43. The Labute approximate surface area is 93.0 Å². The lowest BCUT2D eigenvalue weighted by Crippen LogP contribution is -2.37. The lowest BCUT2D eigenvalue weighted by molar-refractivity contribution is -0.140. The Hall–Kier alpha value is -0.780. The minimum absolute atomic E-state index is 0.0276. The number of hydrogen-bond acceptors (Lipinski definition) is 2. The highest BCUT2D eigenvalue weighted by atomic mass is 19.4. The second-order valence-corrected chi connectivity index (χ2v) is 4.06. The van der Waals surface area contributed by atoms with Gasteiger partial charge in [-0.05, 0) is 19.8 Å². The molecule has 0 radical (unpaired) electrons. The van der Waals surface area contributed by atoms with Crippen molar-refractivity contribution in [3.8, 4) is 0 Å². The summed E-state index contributed by atoms with van der Waals surface area (Å²) in [5.41, 5.74) is 0. The maximum atomic E-state index is 12.0. The zero-order chi connectivity index (χ0) is 12.3. The predicted octanol–water partition coefficient (Wildman–Crippen LogP) is 1.89. The number of amides is 1. The van der Waals surface area contributed by atoms with Gasteiger partial charge in [0.25, 0.3) is 0 Å². The van der Waals surface area contributed by atoms with Gasteiger partial charge in [0.05, 0.1) is 12.2 Å². The molecule has 94 valence electrons. The van der Waals surface area contributed by atoms with Crippen LogP contribution in [0.4, 0.5) is 13.2 Å². The van der Waals surface area contributed by atoms with Gasteiger partial charge in [-0.15, -0.1) is 0 Å². The molecule has 1 aliphatic rings. The minimum atomic E-state index is -4.14. The number of alkyl halides is 3. The van der Waals surface area contributed by atoms with Crippen LogP contribution in [0.5, 0.6) is 0 Å². The topological polar surface area (TPSA) is 32.3 Å². The first-order valence-corrected chi connectivity index (χ1v) is 5.48. The second kappa shape index (κ2) is 5.03. The Morgan fingerprint density at radius 1 is 1.44 bits per heavy atom. The van der Waals surface area contributed by atoms with Crippen LogP contribution in [0.2, 0.25) is 0 Å². The molecule has 0 aromatic rings. The first-order valence-electron chi connectivity index (χ1n) is 5.48. The summed E-state index contributed by atoms with van der Waals surface area (Å²) in [4.78, 5) is 13.1. The summed E-state index contributed by atoms with van der Waals surface area (Å²) < 4.78 is 35.9. The van der Waals surface area contributed by atoms with Crippen LogP contribution < -0.4 is 5.32 Å². The fraction of sp³-hybridized carbons (Fsp3) is 0.900. The van der Waals surface area contributed by atoms with Gasteiger partial charge < -0.3 is 4.90 Å². The second-order valence-electron chi connectivity index (χ2n) is 4.06. The van der Waals surface area contributed by atoms with E-state index < -0.39 is 12.6 Å². The van der Waals surface area contributed by atoms with Crippen molar-refractivity contribution in [2.75, 3.05) is 6.54 Å². The van der Waals surface area contributed by atoms with E-state index in [2.05, 4.69) is 5.32 Å². The van der Waals surface area contributed by atoms with Gasteiger partial charge in [0.2, 0.25) is 5.91 Å². The van der Waals surface area contributed by atoms with E-state index in [0.717, 1.165) is 0 Å². The third kappa shape index (κ3) is 3.37. The molecule has 1 heterocycles. The van der Waals surface area contributed by atoms with Gasteiger partial charge >= 0.3 is 6.18 Å². The predicted molar refractivity (Wildman–Crippen MR) is 53.7 cm³/mol. The van der Waals surface area contributed by atoms with Crippen molar-refractivity contribution in [2.24, 2.45) is 0 Å². The van der Waals surface area contributed by atoms with Gasteiger partial charge in [-0.25, -0.2) is 0 Å². The summed E-state index contributed by atoms with van der Waals surface area (Å²) in [6.07, 6.45) is -4.40. The number of rotatable bonds is 4. The smallest absolute Gasteiger partial charge is 0.326 e. The summed E-state index contributed by atoms with van der Waals surface area (Å²) >= 11 is 0. The number of carbonyl (C=O) groups is 1. The third-order valence-electron chi connectivity index (χ3n) is 2.72. The van der Waals surface area contributed by atoms with Gasteiger partial charge in [0, 0.05) is 13.0 Å². The molecule has 0 aromatic carbocycles. The van der Waals surface area contributed by atoms with Crippen LogP contribution in [0.25, 0.3) is 0 Å². The van der Waals surface area contributed by atoms with Crippen LogP contribution in [0.3, 0.4) is 0 Å². The number of carbonyl (C=O) groups excluding carboxylic acids is 1. The first kappa shape index (κ1) is 13.3. The zero-order valence-electron chi connectivity index (χ0n) is 9.47. The van der Waals surface area contributed by atoms with E-state index in [-0.39, 0.29) is 31.1 Å². The van der Waals surface area contributed by atoms with E-state index in [1.54, 1.807) is 6.92 Å². The van der Waals surface area contributed by atoms with E-state index in [4.69, 9.17) is 0 Å². The van der Waals surface area contributed by atoms with Crippen molar-refractivity contribution in [1.29, 1.82) is 0 Å². The van der Waals surface area contributed by atoms with Gasteiger partial charge in [0.15, 0.2) is 0 Å². The molecule has 3 nitrogen and oxygen atoms in total. The monoisotopic (exact) mass is 238 g/mol. The Bertz CT molecular complexity index is 255. The highest BCUT2D eigenvalue weighted by Gasteiger charge is 2.35. The molecule has 1 amide bonds. The lowest BCUT2D eigenvalue weighted by atomic mass is 10.2. The standard InChI is InChI=1S/C10H17F3N2O/c1-3-8-14-7(2)9(16)15(8)6-4-5-10(11,12)13/h7-8,14H,3-6H2,1-2H3. The molecule has 2 atom stereocenters. The summed E-state index contributed by atoms with van der Waals surface area (Å²) in [7, 11) is 0. The molecule has 0 spiro atoms. The number of hydrogen-bond donors (Lipinski definition) is 1. The molecule has 0 aromatic heterocycles. The van der Waals surface area contributed by atoms with Crippen LogP contribution in [0.15, 0.2) is 0 Å². The normalized spacial score (nSPS) is 26.6. The van der Waals surface area contributed by atoms with Crippen LogP contribution in [-0.2, 0) is 4.79 Å². The maximum Gasteiger partial charge on any atom is 0.389 e. The van der Waals surface area contributed by atoms with Gasteiger partial charge in [0.1, 0.15) is 0 Å². The van der Waals surface area contributed by atoms with Gasteiger partial charge in [-0.1, -0.05) is 6.92 Å². The molecule has 0 aliphatic carbocycles. The molecular weight excluding hydrogens is 221 g/mol. The molecule has 1 saturated heterocycles. The number of nitrogens with zero attached hydrogens (tertiary/aromatic N) is 1. The van der Waals surface area contributed by atoms with Crippen molar-refractivity contribution in [3.05, 3.63) is 0 Å². The molecule has 1 aliphatic heterocycles. The summed E-state index contributed by atoms with van der Waals surface area (Å²) in [5.74, 6) is -0.103. The molecular formula is C10H17F3N2O. The number of halogens is 3. The van der Waals surface area contributed by atoms with E-state index in [0.29, 0.717) is 6.42 Å². The molecule has 1 fully saturated rings. The molecule has 1 rings (SSSR count). The van der Waals surface area contributed by atoms with E-state index in [1.807, 2.05) is 6.92 Å². The highest BCUT2D eigenvalue weighted by Crippen LogP contribution is 2.22. The SMILES string of the molecule is CCC1NC(C)C(=O)N1CCCC(F)(F)F. The molecule has 0 bridgehead atoms. The first-order chi connectivity index (χ1) is 7.35. The zero-order valence-corrected chi connectivity index (χ0v) is 9.47. The van der Waals surface area contributed by atoms with Crippen molar-refractivity contribution in [2.45, 2.75) is 51.5 Å². The fourth-order valence-corrected chi connectivity index (χ4v) is 1.91. The Morgan fingerprint density at radius 3 is 2.56 bits per heavy atom. The molecule has 2 unspecified atom stereocenters. The third-order valence-corrected chi connectivity index (χ3v) is 2.72. The van der Waals surface area contributed by atoms with Crippen LogP contribution in [0.1, 0.15) is 33.1 Å². The van der Waals surface area contributed by atoms with Crippen molar-refractivity contribution in [3.63, 3.8) is 0 Å². The van der Waals surface area contributed by atoms with Crippen molar-refractivity contribution in [1.82, 2.24) is 10.2 Å². The Kier molecular flexibility index (Phi) is 4.18.